The third-order valence-corrected chi connectivity index (χ3v) is 5.96. The fourth-order valence-electron chi connectivity index (χ4n) is 2.96. The van der Waals surface area contributed by atoms with E-state index in [1.807, 2.05) is 24.5 Å². The molecule has 9 nitrogen and oxygen atoms in total. The number of rotatable bonds is 14. The zero-order valence-corrected chi connectivity index (χ0v) is 20.8. The molecule has 0 aliphatic carbocycles. The first kappa shape index (κ1) is 28.8. The predicted molar refractivity (Wildman–Crippen MR) is 133 cm³/mol. The van der Waals surface area contributed by atoms with Crippen LogP contribution in [-0.2, 0) is 25.6 Å². The number of amides is 3. The molecule has 33 heavy (non-hydrogen) atoms. The van der Waals surface area contributed by atoms with Crippen molar-refractivity contribution in [1.82, 2.24) is 16.0 Å². The Morgan fingerprint density at radius 1 is 1.00 bits per heavy atom. The Bertz CT molecular complexity index is 794. The van der Waals surface area contributed by atoms with Gasteiger partial charge in [-0.3, -0.25) is 14.4 Å². The molecule has 0 spiro atoms. The molecule has 0 aliphatic heterocycles. The molecule has 0 aromatic heterocycles. The number of aliphatic carboxylic acids is 1. The van der Waals surface area contributed by atoms with E-state index in [-0.39, 0.29) is 24.5 Å². The minimum atomic E-state index is -1.14. The number of carbonyl (C=O) groups is 4. The molecule has 6 N–H and O–H groups in total. The molecule has 0 bridgehead atoms. The third kappa shape index (κ3) is 10.1. The van der Waals surface area contributed by atoms with Crippen molar-refractivity contribution in [3.05, 3.63) is 35.9 Å². The number of nitrogens with two attached hydrogens (primary N) is 1. The monoisotopic (exact) mass is 498 g/mol. The van der Waals surface area contributed by atoms with E-state index in [0.717, 1.165) is 5.56 Å². The summed E-state index contributed by atoms with van der Waals surface area (Å²) in [6.45, 7) is 3.51. The van der Waals surface area contributed by atoms with Crippen LogP contribution in [0.5, 0.6) is 0 Å². The van der Waals surface area contributed by atoms with E-state index in [1.54, 1.807) is 26.0 Å². The van der Waals surface area contributed by atoms with Gasteiger partial charge in [0.15, 0.2) is 0 Å². The normalized spacial score (nSPS) is 14.6. The van der Waals surface area contributed by atoms with Crippen LogP contribution in [0, 0.1) is 5.92 Å². The van der Waals surface area contributed by atoms with Crippen LogP contribution in [0.25, 0.3) is 0 Å². The van der Waals surface area contributed by atoms with Gasteiger partial charge in [-0.15, -0.1) is 0 Å². The molecule has 4 atom stereocenters. The fourth-order valence-corrected chi connectivity index (χ4v) is 3.60. The highest BCUT2D eigenvalue weighted by Gasteiger charge is 2.31. The lowest BCUT2D eigenvalue weighted by Crippen LogP contribution is -2.59. The Morgan fingerprint density at radius 3 is 2.12 bits per heavy atom. The van der Waals surface area contributed by atoms with E-state index in [4.69, 9.17) is 5.73 Å². The fraction of sp³-hybridized carbons (Fsp3) is 0.545. The zero-order valence-electron chi connectivity index (χ0n) is 19.1. The van der Waals surface area contributed by atoms with Crippen molar-refractivity contribution in [1.29, 1.82) is 0 Å². The number of thiol groups is 1. The Morgan fingerprint density at radius 2 is 1.61 bits per heavy atom. The summed E-state index contributed by atoms with van der Waals surface area (Å²) in [5, 5.41) is 17.3. The molecule has 11 heteroatoms. The third-order valence-electron chi connectivity index (χ3n) is 4.92. The first-order valence-corrected chi connectivity index (χ1v) is 12.7. The number of nitrogens with one attached hydrogen (secondary N) is 3. The van der Waals surface area contributed by atoms with Crippen molar-refractivity contribution in [3.8, 4) is 0 Å². The van der Waals surface area contributed by atoms with E-state index in [1.165, 1.54) is 11.8 Å². The largest absolute Gasteiger partial charge is 0.480 e. The smallest absolute Gasteiger partial charge is 0.326 e. The van der Waals surface area contributed by atoms with E-state index in [0.29, 0.717) is 5.75 Å². The number of thioether (sulfide) groups is 1. The van der Waals surface area contributed by atoms with Crippen LogP contribution < -0.4 is 21.7 Å². The SMILES string of the molecule is CSCC[C@H](NC(=O)C(Cc1ccccc1)NC(=O)[C@@H](NC(=O)[C@@H](N)CS)C(C)C)C(=O)O. The maximum atomic E-state index is 13.0. The predicted octanol–water partition coefficient (Wildman–Crippen LogP) is 0.434. The van der Waals surface area contributed by atoms with Gasteiger partial charge in [0.1, 0.15) is 18.1 Å². The highest BCUT2D eigenvalue weighted by molar-refractivity contribution is 7.98. The number of hydrogen-bond donors (Lipinski definition) is 6. The molecule has 1 aromatic rings. The Hall–Kier alpha value is -2.24. The summed E-state index contributed by atoms with van der Waals surface area (Å²) in [5.41, 5.74) is 6.49. The van der Waals surface area contributed by atoms with Gasteiger partial charge in [0.05, 0.1) is 6.04 Å². The van der Waals surface area contributed by atoms with Crippen molar-refractivity contribution in [2.45, 2.75) is 50.9 Å². The molecule has 184 valence electrons. The molecular formula is C22H34N4O5S2. The number of carbonyl (C=O) groups excluding carboxylic acids is 3. The van der Waals surface area contributed by atoms with Gasteiger partial charge in [-0.1, -0.05) is 44.2 Å². The van der Waals surface area contributed by atoms with Crippen LogP contribution in [0.15, 0.2) is 30.3 Å². The molecule has 0 saturated carbocycles. The summed E-state index contributed by atoms with van der Waals surface area (Å²) in [4.78, 5) is 49.9. The molecule has 3 amide bonds. The van der Waals surface area contributed by atoms with Crippen LogP contribution in [0.1, 0.15) is 25.8 Å². The average Bonchev–Trinajstić information content (AvgIpc) is 2.78. The van der Waals surface area contributed by atoms with Crippen molar-refractivity contribution in [2.75, 3.05) is 17.8 Å². The zero-order chi connectivity index (χ0) is 25.0. The second-order valence-corrected chi connectivity index (χ2v) is 9.30. The van der Waals surface area contributed by atoms with Gasteiger partial charge in [-0.25, -0.2) is 4.79 Å². The summed E-state index contributed by atoms with van der Waals surface area (Å²) >= 11 is 5.48. The minimum absolute atomic E-state index is 0.115. The summed E-state index contributed by atoms with van der Waals surface area (Å²) in [6.07, 6.45) is 2.25. The Balaban J connectivity index is 3.06. The van der Waals surface area contributed by atoms with Crippen LogP contribution in [-0.4, -0.2) is 70.7 Å². The lowest BCUT2D eigenvalue weighted by Gasteiger charge is -2.27. The number of carboxylic acid groups (broad SMARTS) is 1. The minimum Gasteiger partial charge on any atom is -0.480 e. The first-order valence-electron chi connectivity index (χ1n) is 10.6. The molecule has 1 aromatic carbocycles. The van der Waals surface area contributed by atoms with Crippen molar-refractivity contribution >= 4 is 48.1 Å². The van der Waals surface area contributed by atoms with Gasteiger partial charge in [-0.2, -0.15) is 24.4 Å². The average molecular weight is 499 g/mol. The van der Waals surface area contributed by atoms with Crippen LogP contribution in [0.3, 0.4) is 0 Å². The first-order chi connectivity index (χ1) is 15.6. The number of carboxylic acids is 1. The Kier molecular flexibility index (Phi) is 12.9. The van der Waals surface area contributed by atoms with Crippen LogP contribution in [0.4, 0.5) is 0 Å². The van der Waals surface area contributed by atoms with Crippen molar-refractivity contribution in [2.24, 2.45) is 11.7 Å². The lowest BCUT2D eigenvalue weighted by atomic mass is 10.0. The van der Waals surface area contributed by atoms with E-state index in [9.17, 15) is 24.3 Å². The molecule has 0 heterocycles. The van der Waals surface area contributed by atoms with Gasteiger partial charge >= 0.3 is 5.97 Å². The van der Waals surface area contributed by atoms with Gasteiger partial charge in [0.2, 0.25) is 17.7 Å². The van der Waals surface area contributed by atoms with Crippen molar-refractivity contribution in [3.63, 3.8) is 0 Å². The molecule has 0 radical (unpaired) electrons. The maximum absolute atomic E-state index is 13.0. The number of benzene rings is 1. The van der Waals surface area contributed by atoms with E-state index < -0.39 is 47.9 Å². The second-order valence-electron chi connectivity index (χ2n) is 7.95. The van der Waals surface area contributed by atoms with Crippen LogP contribution >= 0.6 is 24.4 Å². The van der Waals surface area contributed by atoms with E-state index in [2.05, 4.69) is 28.6 Å². The lowest BCUT2D eigenvalue weighted by molar-refractivity contribution is -0.142. The topological polar surface area (TPSA) is 151 Å². The highest BCUT2D eigenvalue weighted by atomic mass is 32.2. The summed E-state index contributed by atoms with van der Waals surface area (Å²) in [7, 11) is 0. The molecular weight excluding hydrogens is 464 g/mol. The molecule has 0 aliphatic rings. The van der Waals surface area contributed by atoms with Gasteiger partial charge in [0.25, 0.3) is 0 Å². The highest BCUT2D eigenvalue weighted by Crippen LogP contribution is 2.08. The second kappa shape index (κ2) is 14.8. The quantitative estimate of drug-likeness (QED) is 0.204. The van der Waals surface area contributed by atoms with Gasteiger partial charge in [0, 0.05) is 12.2 Å². The Labute approximate surface area is 204 Å². The summed E-state index contributed by atoms with van der Waals surface area (Å²) < 4.78 is 0. The number of hydrogen-bond acceptors (Lipinski definition) is 7. The van der Waals surface area contributed by atoms with E-state index >= 15 is 0 Å². The molecule has 0 saturated heterocycles. The van der Waals surface area contributed by atoms with Crippen molar-refractivity contribution < 1.29 is 24.3 Å². The molecule has 0 fully saturated rings. The van der Waals surface area contributed by atoms with Crippen LogP contribution in [0.2, 0.25) is 0 Å². The molecule has 1 rings (SSSR count). The summed E-state index contributed by atoms with van der Waals surface area (Å²) in [6, 6.07) is 5.14. The molecule has 1 unspecified atom stereocenters. The van der Waals surface area contributed by atoms with Gasteiger partial charge in [-0.05, 0) is 29.9 Å². The standard InChI is InChI=1S/C22H34N4O5S2/c1-13(2)18(26-19(27)15(23)12-32)21(29)25-17(11-14-7-5-4-6-8-14)20(28)24-16(22(30)31)9-10-33-3/h4-8,13,15-18,32H,9-12,23H2,1-3H3,(H,24,28)(H,25,29)(H,26,27)(H,30,31)/t15-,16-,17?,18-/m0/s1. The maximum Gasteiger partial charge on any atom is 0.326 e. The summed E-state index contributed by atoms with van der Waals surface area (Å²) in [5.74, 6) is -2.45. The van der Waals surface area contributed by atoms with Gasteiger partial charge < -0.3 is 26.8 Å².